The highest BCUT2D eigenvalue weighted by Gasteiger charge is 2.31. The Bertz CT molecular complexity index is 580. The number of carbonyl (C=O) groups excluding carboxylic acids is 2. The molecular weight excluding hydrogens is 264 g/mol. The summed E-state index contributed by atoms with van der Waals surface area (Å²) < 4.78 is 0. The third kappa shape index (κ3) is 2.67. The van der Waals surface area contributed by atoms with Crippen LogP contribution < -0.4 is 10.2 Å². The van der Waals surface area contributed by atoms with Crippen LogP contribution in [0, 0.1) is 0 Å². The summed E-state index contributed by atoms with van der Waals surface area (Å²) in [5.74, 6) is 0.235. The highest BCUT2D eigenvalue weighted by molar-refractivity contribution is 6.01. The lowest BCUT2D eigenvalue weighted by Crippen LogP contribution is -2.33. The molecule has 0 unspecified atom stereocenters. The lowest BCUT2D eigenvalue weighted by atomic mass is 9.96. The van der Waals surface area contributed by atoms with Crippen LogP contribution in [0.4, 0.5) is 5.69 Å². The van der Waals surface area contributed by atoms with Gasteiger partial charge in [0.15, 0.2) is 0 Å². The zero-order valence-electron chi connectivity index (χ0n) is 12.6. The van der Waals surface area contributed by atoms with E-state index >= 15 is 0 Å². The molecule has 2 aliphatic heterocycles. The van der Waals surface area contributed by atoms with Gasteiger partial charge in [0, 0.05) is 25.1 Å². The number of nitrogens with one attached hydrogen (secondary N) is 1. The molecule has 0 fully saturated rings. The van der Waals surface area contributed by atoms with Crippen molar-refractivity contribution in [2.45, 2.75) is 45.4 Å². The summed E-state index contributed by atoms with van der Waals surface area (Å²) in [6.45, 7) is 3.66. The van der Waals surface area contributed by atoms with Gasteiger partial charge in [0.1, 0.15) is 0 Å². The third-order valence-corrected chi connectivity index (χ3v) is 4.38. The Kier molecular flexibility index (Phi) is 3.95. The molecule has 2 amide bonds. The molecule has 0 atom stereocenters. The largest absolute Gasteiger partial charge is 0.352 e. The average Bonchev–Trinajstić information content (AvgIpc) is 2.92. The first kappa shape index (κ1) is 14.1. The lowest BCUT2D eigenvalue weighted by Gasteiger charge is -2.25. The Morgan fingerprint density at radius 3 is 2.71 bits per heavy atom. The Labute approximate surface area is 125 Å². The molecule has 0 saturated heterocycles. The van der Waals surface area contributed by atoms with Gasteiger partial charge in [0.25, 0.3) is 5.91 Å². The number of benzene rings is 1. The molecular formula is C17H22N2O2. The molecule has 112 valence electrons. The van der Waals surface area contributed by atoms with Crippen molar-refractivity contribution in [2.24, 2.45) is 0 Å². The molecule has 4 nitrogen and oxygen atoms in total. The van der Waals surface area contributed by atoms with Gasteiger partial charge in [-0.15, -0.1) is 0 Å². The van der Waals surface area contributed by atoms with Crippen LogP contribution >= 0.6 is 0 Å². The van der Waals surface area contributed by atoms with E-state index in [1.54, 1.807) is 0 Å². The van der Waals surface area contributed by atoms with Crippen LogP contribution in [0.1, 0.15) is 54.1 Å². The molecule has 1 N–H and O–H groups in total. The van der Waals surface area contributed by atoms with Crippen LogP contribution in [0.3, 0.4) is 0 Å². The molecule has 0 aliphatic carbocycles. The molecule has 0 saturated carbocycles. The summed E-state index contributed by atoms with van der Waals surface area (Å²) in [6, 6.07) is 3.94. The van der Waals surface area contributed by atoms with Gasteiger partial charge in [-0.3, -0.25) is 9.59 Å². The van der Waals surface area contributed by atoms with Gasteiger partial charge in [-0.1, -0.05) is 19.8 Å². The van der Waals surface area contributed by atoms with Crippen LogP contribution in [-0.4, -0.2) is 24.9 Å². The second-order valence-corrected chi connectivity index (χ2v) is 5.90. The van der Waals surface area contributed by atoms with Crippen molar-refractivity contribution in [1.29, 1.82) is 0 Å². The fourth-order valence-electron chi connectivity index (χ4n) is 3.27. The minimum Gasteiger partial charge on any atom is -0.352 e. The van der Waals surface area contributed by atoms with Gasteiger partial charge < -0.3 is 10.2 Å². The van der Waals surface area contributed by atoms with E-state index < -0.39 is 0 Å². The normalized spacial score (nSPS) is 16.0. The summed E-state index contributed by atoms with van der Waals surface area (Å²) in [7, 11) is 0. The smallest absolute Gasteiger partial charge is 0.251 e. The molecule has 0 bridgehead atoms. The molecule has 0 radical (unpaired) electrons. The average molecular weight is 286 g/mol. The molecule has 2 aliphatic rings. The number of amides is 2. The zero-order valence-corrected chi connectivity index (χ0v) is 12.6. The van der Waals surface area contributed by atoms with Gasteiger partial charge in [-0.2, -0.15) is 0 Å². The van der Waals surface area contributed by atoms with E-state index in [1.807, 2.05) is 17.0 Å². The topological polar surface area (TPSA) is 49.4 Å². The Balaban J connectivity index is 1.77. The van der Waals surface area contributed by atoms with Crippen LogP contribution in [0.5, 0.6) is 0 Å². The number of carbonyl (C=O) groups is 2. The maximum Gasteiger partial charge on any atom is 0.251 e. The molecule has 1 aromatic carbocycles. The second kappa shape index (κ2) is 5.88. The van der Waals surface area contributed by atoms with Crippen molar-refractivity contribution in [2.75, 3.05) is 18.0 Å². The van der Waals surface area contributed by atoms with Crippen molar-refractivity contribution in [3.05, 3.63) is 28.8 Å². The number of hydrogen-bond acceptors (Lipinski definition) is 2. The number of aryl methyl sites for hydroxylation is 1. The molecule has 21 heavy (non-hydrogen) atoms. The monoisotopic (exact) mass is 286 g/mol. The predicted octanol–water partition coefficient (Wildman–Crippen LogP) is 2.44. The van der Waals surface area contributed by atoms with Crippen LogP contribution in [0.2, 0.25) is 0 Å². The van der Waals surface area contributed by atoms with Crippen molar-refractivity contribution in [3.8, 4) is 0 Å². The Morgan fingerprint density at radius 1 is 1.19 bits per heavy atom. The summed E-state index contributed by atoms with van der Waals surface area (Å²) in [6.07, 6.45) is 5.52. The first-order chi connectivity index (χ1) is 10.2. The van der Waals surface area contributed by atoms with E-state index in [1.165, 1.54) is 0 Å². The summed E-state index contributed by atoms with van der Waals surface area (Å²) in [5, 5.41) is 2.99. The van der Waals surface area contributed by atoms with Crippen molar-refractivity contribution < 1.29 is 9.59 Å². The maximum absolute atomic E-state index is 12.2. The molecule has 1 aromatic rings. The van der Waals surface area contributed by atoms with Crippen molar-refractivity contribution >= 4 is 17.5 Å². The predicted molar refractivity (Wildman–Crippen MR) is 82.7 cm³/mol. The second-order valence-electron chi connectivity index (χ2n) is 5.90. The molecule has 0 spiro atoms. The van der Waals surface area contributed by atoms with Gasteiger partial charge >= 0.3 is 0 Å². The minimum absolute atomic E-state index is 0.0144. The van der Waals surface area contributed by atoms with E-state index in [4.69, 9.17) is 0 Å². The standard InChI is InChI=1S/C17H22N2O2/c1-2-3-4-8-18-17(21)14-10-12-5-6-15(20)19-9-7-13(11-14)16(12)19/h10-11H,2-9H2,1H3,(H,18,21). The fraction of sp³-hybridized carbons (Fsp3) is 0.529. The number of hydrogen-bond donors (Lipinski definition) is 1. The molecule has 3 rings (SSSR count). The van der Waals surface area contributed by atoms with Crippen molar-refractivity contribution in [1.82, 2.24) is 5.32 Å². The molecule has 0 aromatic heterocycles. The first-order valence-electron chi connectivity index (χ1n) is 7.95. The SMILES string of the molecule is CCCCCNC(=O)c1cc2c3c(c1)CCN3C(=O)CC2. The first-order valence-corrected chi connectivity index (χ1v) is 7.95. The highest BCUT2D eigenvalue weighted by Crippen LogP contribution is 2.37. The van der Waals surface area contributed by atoms with E-state index in [9.17, 15) is 9.59 Å². The quantitative estimate of drug-likeness (QED) is 0.845. The van der Waals surface area contributed by atoms with Crippen LogP contribution in [-0.2, 0) is 17.6 Å². The van der Waals surface area contributed by atoms with Gasteiger partial charge in [0.05, 0.1) is 5.69 Å². The maximum atomic E-state index is 12.2. The Hall–Kier alpha value is -1.84. The van der Waals surface area contributed by atoms with Gasteiger partial charge in [-0.05, 0) is 42.5 Å². The van der Waals surface area contributed by atoms with E-state index in [0.717, 1.165) is 67.6 Å². The van der Waals surface area contributed by atoms with E-state index in [-0.39, 0.29) is 11.8 Å². The van der Waals surface area contributed by atoms with E-state index in [0.29, 0.717) is 6.42 Å². The number of unbranched alkanes of at least 4 members (excludes halogenated alkanes) is 2. The summed E-state index contributed by atoms with van der Waals surface area (Å²) >= 11 is 0. The zero-order chi connectivity index (χ0) is 14.8. The molecule has 4 heteroatoms. The summed E-state index contributed by atoms with van der Waals surface area (Å²) in [4.78, 5) is 26.0. The highest BCUT2D eigenvalue weighted by atomic mass is 16.2. The van der Waals surface area contributed by atoms with Crippen LogP contribution in [0.25, 0.3) is 0 Å². The molecule has 2 heterocycles. The minimum atomic E-state index is 0.0144. The van der Waals surface area contributed by atoms with E-state index in [2.05, 4.69) is 12.2 Å². The lowest BCUT2D eigenvalue weighted by molar-refractivity contribution is -0.118. The fourth-order valence-corrected chi connectivity index (χ4v) is 3.27. The van der Waals surface area contributed by atoms with Crippen molar-refractivity contribution in [3.63, 3.8) is 0 Å². The van der Waals surface area contributed by atoms with Gasteiger partial charge in [0.2, 0.25) is 5.91 Å². The third-order valence-electron chi connectivity index (χ3n) is 4.38. The summed E-state index contributed by atoms with van der Waals surface area (Å²) in [5.41, 5.74) is 4.13. The van der Waals surface area contributed by atoms with Gasteiger partial charge in [-0.25, -0.2) is 0 Å². The number of rotatable bonds is 5. The Morgan fingerprint density at radius 2 is 1.95 bits per heavy atom. The van der Waals surface area contributed by atoms with Crippen LogP contribution in [0.15, 0.2) is 12.1 Å². The number of anilines is 1. The number of nitrogens with zero attached hydrogens (tertiary/aromatic N) is 1.